The average molecular weight is 242 g/mol. The van der Waals surface area contributed by atoms with Gasteiger partial charge in [0.15, 0.2) is 0 Å². The van der Waals surface area contributed by atoms with Gasteiger partial charge >= 0.3 is 11.9 Å². The first-order valence-corrected chi connectivity index (χ1v) is 6.28. The molecule has 1 rings (SSSR count). The topological polar surface area (TPSA) is 63.6 Å². The van der Waals surface area contributed by atoms with Crippen LogP contribution in [0.2, 0.25) is 0 Å². The van der Waals surface area contributed by atoms with Crippen molar-refractivity contribution < 1.29 is 19.4 Å². The molecule has 1 fully saturated rings. The normalized spacial score (nSPS) is 32.4. The summed E-state index contributed by atoms with van der Waals surface area (Å²) in [7, 11) is 1.38. The third kappa shape index (κ3) is 2.31. The summed E-state index contributed by atoms with van der Waals surface area (Å²) >= 11 is 0. The zero-order valence-corrected chi connectivity index (χ0v) is 10.9. The Balaban J connectivity index is 2.97. The van der Waals surface area contributed by atoms with Crippen molar-refractivity contribution in [2.45, 2.75) is 52.4 Å². The highest BCUT2D eigenvalue weighted by Crippen LogP contribution is 2.54. The van der Waals surface area contributed by atoms with Crippen molar-refractivity contribution in [3.8, 4) is 0 Å². The van der Waals surface area contributed by atoms with Gasteiger partial charge in [0.25, 0.3) is 0 Å². The lowest BCUT2D eigenvalue weighted by molar-refractivity contribution is -0.155. The summed E-state index contributed by atoms with van der Waals surface area (Å²) in [6.07, 6.45) is 3.75. The Morgan fingerprint density at radius 1 is 1.24 bits per heavy atom. The maximum atomic E-state index is 11.9. The van der Waals surface area contributed by atoms with Crippen LogP contribution in [0.1, 0.15) is 52.4 Å². The molecule has 0 aromatic carbocycles. The van der Waals surface area contributed by atoms with E-state index in [4.69, 9.17) is 4.74 Å². The molecular weight excluding hydrogens is 220 g/mol. The van der Waals surface area contributed by atoms with E-state index in [1.54, 1.807) is 0 Å². The van der Waals surface area contributed by atoms with Gasteiger partial charge < -0.3 is 9.84 Å². The van der Waals surface area contributed by atoms with Gasteiger partial charge in [-0.05, 0) is 32.1 Å². The number of hydrogen-bond acceptors (Lipinski definition) is 3. The van der Waals surface area contributed by atoms with Gasteiger partial charge in [0.2, 0.25) is 0 Å². The van der Waals surface area contributed by atoms with Crippen molar-refractivity contribution in [1.82, 2.24) is 0 Å². The molecule has 2 unspecified atom stereocenters. The zero-order valence-electron chi connectivity index (χ0n) is 10.9. The number of carbonyl (C=O) groups is 2. The van der Waals surface area contributed by atoms with Crippen LogP contribution in [-0.2, 0) is 14.3 Å². The quantitative estimate of drug-likeness (QED) is 0.753. The lowest BCUT2D eigenvalue weighted by Crippen LogP contribution is -2.34. The van der Waals surface area contributed by atoms with Crippen LogP contribution in [0.25, 0.3) is 0 Å². The van der Waals surface area contributed by atoms with Gasteiger partial charge in [-0.2, -0.15) is 0 Å². The van der Waals surface area contributed by atoms with Gasteiger partial charge in [-0.25, -0.2) is 0 Å². The number of esters is 1. The largest absolute Gasteiger partial charge is 0.481 e. The number of methoxy groups -OCH3 is 1. The Morgan fingerprint density at radius 3 is 2.24 bits per heavy atom. The molecule has 4 nitrogen and oxygen atoms in total. The van der Waals surface area contributed by atoms with E-state index in [1.165, 1.54) is 7.11 Å². The smallest absolute Gasteiger partial charge is 0.311 e. The first-order valence-electron chi connectivity index (χ1n) is 6.28. The summed E-state index contributed by atoms with van der Waals surface area (Å²) in [6, 6.07) is 0. The van der Waals surface area contributed by atoms with Crippen molar-refractivity contribution in [3.05, 3.63) is 0 Å². The number of carbonyl (C=O) groups excluding carboxylic acids is 1. The Hall–Kier alpha value is -1.06. The summed E-state index contributed by atoms with van der Waals surface area (Å²) in [5.41, 5.74) is -1.30. The SMILES string of the molecule is CCCC1(C(=O)O)CCC(CC)(C(=O)OC)C1. The molecule has 0 amide bonds. The Kier molecular flexibility index (Phi) is 4.17. The van der Waals surface area contributed by atoms with Crippen LogP contribution in [0.3, 0.4) is 0 Å². The monoisotopic (exact) mass is 242 g/mol. The average Bonchev–Trinajstić information content (AvgIpc) is 2.70. The standard InChI is InChI=1S/C13H22O4/c1-4-6-13(10(14)15)8-7-12(5-2,9-13)11(16)17-3/h4-9H2,1-3H3,(H,14,15). The van der Waals surface area contributed by atoms with Gasteiger partial charge in [-0.15, -0.1) is 0 Å². The van der Waals surface area contributed by atoms with Gasteiger partial charge in [0, 0.05) is 0 Å². The van der Waals surface area contributed by atoms with Crippen molar-refractivity contribution in [2.75, 3.05) is 7.11 Å². The van der Waals surface area contributed by atoms with E-state index in [0.717, 1.165) is 6.42 Å². The number of rotatable bonds is 5. The predicted octanol–water partition coefficient (Wildman–Crippen LogP) is 2.61. The van der Waals surface area contributed by atoms with Crippen molar-refractivity contribution >= 4 is 11.9 Å². The van der Waals surface area contributed by atoms with E-state index in [-0.39, 0.29) is 5.97 Å². The lowest BCUT2D eigenvalue weighted by Gasteiger charge is -2.28. The van der Waals surface area contributed by atoms with Crippen LogP contribution < -0.4 is 0 Å². The molecule has 0 heterocycles. The molecule has 0 aromatic rings. The molecule has 4 heteroatoms. The highest BCUT2D eigenvalue weighted by molar-refractivity contribution is 5.81. The molecule has 17 heavy (non-hydrogen) atoms. The molecule has 0 aromatic heterocycles. The van der Waals surface area contributed by atoms with Gasteiger partial charge in [0.1, 0.15) is 0 Å². The number of carboxylic acid groups (broad SMARTS) is 1. The van der Waals surface area contributed by atoms with E-state index < -0.39 is 16.8 Å². The molecular formula is C13H22O4. The number of carboxylic acids is 1. The molecule has 0 radical (unpaired) electrons. The zero-order chi connectivity index (χ0) is 13.1. The van der Waals surface area contributed by atoms with Crippen LogP contribution in [0.4, 0.5) is 0 Å². The number of aliphatic carboxylic acids is 1. The maximum absolute atomic E-state index is 11.9. The Bertz CT molecular complexity index is 309. The van der Waals surface area contributed by atoms with Gasteiger partial charge in [-0.1, -0.05) is 20.3 Å². The lowest BCUT2D eigenvalue weighted by atomic mass is 9.75. The summed E-state index contributed by atoms with van der Waals surface area (Å²) in [5.74, 6) is -1.02. The highest BCUT2D eigenvalue weighted by Gasteiger charge is 2.55. The van der Waals surface area contributed by atoms with Crippen molar-refractivity contribution in [3.63, 3.8) is 0 Å². The molecule has 0 spiro atoms. The summed E-state index contributed by atoms with van der Waals surface area (Å²) < 4.78 is 4.85. The van der Waals surface area contributed by atoms with Crippen LogP contribution in [0, 0.1) is 10.8 Å². The van der Waals surface area contributed by atoms with Crippen molar-refractivity contribution in [2.24, 2.45) is 10.8 Å². The minimum atomic E-state index is -0.765. The highest BCUT2D eigenvalue weighted by atomic mass is 16.5. The summed E-state index contributed by atoms with van der Waals surface area (Å²) in [5, 5.41) is 9.42. The fourth-order valence-electron chi connectivity index (χ4n) is 3.12. The fourth-order valence-corrected chi connectivity index (χ4v) is 3.12. The maximum Gasteiger partial charge on any atom is 0.311 e. The molecule has 98 valence electrons. The minimum absolute atomic E-state index is 0.251. The second-order valence-corrected chi connectivity index (χ2v) is 5.14. The third-order valence-electron chi connectivity index (χ3n) is 4.24. The Labute approximate surface area is 102 Å². The van der Waals surface area contributed by atoms with Crippen LogP contribution >= 0.6 is 0 Å². The molecule has 1 aliphatic rings. The Morgan fingerprint density at radius 2 is 1.82 bits per heavy atom. The summed E-state index contributed by atoms with van der Waals surface area (Å²) in [4.78, 5) is 23.3. The van der Waals surface area contributed by atoms with Crippen LogP contribution in [0.5, 0.6) is 0 Å². The molecule has 0 saturated heterocycles. The van der Waals surface area contributed by atoms with E-state index in [2.05, 4.69) is 0 Å². The molecule has 2 atom stereocenters. The summed E-state index contributed by atoms with van der Waals surface area (Å²) in [6.45, 7) is 3.91. The number of ether oxygens (including phenoxy) is 1. The van der Waals surface area contributed by atoms with E-state index >= 15 is 0 Å². The molecule has 0 bridgehead atoms. The first kappa shape index (κ1) is 14.0. The van der Waals surface area contributed by atoms with Gasteiger partial charge in [0.05, 0.1) is 17.9 Å². The van der Waals surface area contributed by atoms with Crippen molar-refractivity contribution in [1.29, 1.82) is 0 Å². The van der Waals surface area contributed by atoms with E-state index in [1.807, 2.05) is 13.8 Å². The van der Waals surface area contributed by atoms with E-state index in [9.17, 15) is 14.7 Å². The molecule has 1 N–H and O–H groups in total. The second-order valence-electron chi connectivity index (χ2n) is 5.14. The predicted molar refractivity (Wildman–Crippen MR) is 63.6 cm³/mol. The first-order chi connectivity index (χ1) is 7.96. The molecule has 0 aliphatic heterocycles. The third-order valence-corrected chi connectivity index (χ3v) is 4.24. The molecule has 1 aliphatic carbocycles. The van der Waals surface area contributed by atoms with E-state index in [0.29, 0.717) is 32.1 Å². The number of hydrogen-bond donors (Lipinski definition) is 1. The van der Waals surface area contributed by atoms with Crippen LogP contribution in [0.15, 0.2) is 0 Å². The molecule has 1 saturated carbocycles. The minimum Gasteiger partial charge on any atom is -0.481 e. The van der Waals surface area contributed by atoms with Gasteiger partial charge in [-0.3, -0.25) is 9.59 Å². The van der Waals surface area contributed by atoms with Crippen LogP contribution in [-0.4, -0.2) is 24.2 Å². The fraction of sp³-hybridized carbons (Fsp3) is 0.846. The second kappa shape index (κ2) is 5.07.